The topological polar surface area (TPSA) is 32.5 Å². The number of benzene rings is 1. The van der Waals surface area contributed by atoms with Crippen molar-refractivity contribution in [3.8, 4) is 0 Å². The number of hydrogen-bond acceptors (Lipinski definition) is 3. The predicted molar refractivity (Wildman–Crippen MR) is 74.4 cm³/mol. The maximum absolute atomic E-state index is 5.78. The summed E-state index contributed by atoms with van der Waals surface area (Å²) in [5.74, 6) is 5.78. The molecule has 1 aromatic carbocycles. The van der Waals surface area contributed by atoms with Crippen LogP contribution in [0.25, 0.3) is 0 Å². The maximum Gasteiger partial charge on any atom is 0.0233 e. The third-order valence-electron chi connectivity index (χ3n) is 3.47. The lowest BCUT2D eigenvalue weighted by molar-refractivity contribution is 0.124. The van der Waals surface area contributed by atoms with E-state index in [2.05, 4.69) is 52.1 Å². The normalized spacial score (nSPS) is 18.8. The number of rotatable bonds is 3. The molecule has 1 saturated heterocycles. The standard InChI is InChI=1S/C13H20BrN3/c1-16(13-6-8-17(15)9-7-13)10-11-2-4-12(14)5-3-11/h2-5,13H,6-10,15H2,1H3. The van der Waals surface area contributed by atoms with Gasteiger partial charge in [0.2, 0.25) is 0 Å². The van der Waals surface area contributed by atoms with Gasteiger partial charge in [0.15, 0.2) is 0 Å². The first kappa shape index (κ1) is 13.0. The second-order valence-electron chi connectivity index (χ2n) is 4.81. The molecule has 0 aliphatic carbocycles. The number of hydrogen-bond donors (Lipinski definition) is 1. The number of halogens is 1. The van der Waals surface area contributed by atoms with Gasteiger partial charge in [0.25, 0.3) is 0 Å². The van der Waals surface area contributed by atoms with E-state index in [-0.39, 0.29) is 0 Å². The molecule has 2 rings (SSSR count). The Kier molecular flexibility index (Phi) is 4.56. The molecule has 17 heavy (non-hydrogen) atoms. The van der Waals surface area contributed by atoms with Crippen molar-refractivity contribution in [1.29, 1.82) is 0 Å². The van der Waals surface area contributed by atoms with Crippen LogP contribution in [0.15, 0.2) is 28.7 Å². The van der Waals surface area contributed by atoms with Crippen LogP contribution in [-0.2, 0) is 6.54 Å². The van der Waals surface area contributed by atoms with Gasteiger partial charge in [0.1, 0.15) is 0 Å². The van der Waals surface area contributed by atoms with Crippen molar-refractivity contribution in [2.75, 3.05) is 20.1 Å². The van der Waals surface area contributed by atoms with E-state index < -0.39 is 0 Å². The van der Waals surface area contributed by atoms with Gasteiger partial charge in [-0.15, -0.1) is 0 Å². The molecule has 1 aliphatic heterocycles. The Bertz CT molecular complexity index is 344. The Labute approximate surface area is 112 Å². The number of nitrogens with zero attached hydrogens (tertiary/aromatic N) is 2. The van der Waals surface area contributed by atoms with E-state index in [0.717, 1.165) is 24.1 Å². The molecule has 0 aromatic heterocycles. The van der Waals surface area contributed by atoms with Crippen molar-refractivity contribution in [3.05, 3.63) is 34.3 Å². The quantitative estimate of drug-likeness (QED) is 0.869. The minimum Gasteiger partial charge on any atom is -0.299 e. The lowest BCUT2D eigenvalue weighted by Crippen LogP contribution is -2.45. The minimum atomic E-state index is 0.665. The van der Waals surface area contributed by atoms with Crippen LogP contribution in [0, 0.1) is 0 Å². The predicted octanol–water partition coefficient (Wildman–Crippen LogP) is 2.22. The van der Waals surface area contributed by atoms with E-state index in [1.54, 1.807) is 0 Å². The second-order valence-corrected chi connectivity index (χ2v) is 5.72. The molecule has 4 heteroatoms. The van der Waals surface area contributed by atoms with Crippen LogP contribution in [-0.4, -0.2) is 36.1 Å². The molecule has 0 bridgehead atoms. The molecular formula is C13H20BrN3. The van der Waals surface area contributed by atoms with Crippen molar-refractivity contribution in [3.63, 3.8) is 0 Å². The molecular weight excluding hydrogens is 278 g/mol. The summed E-state index contributed by atoms with van der Waals surface area (Å²) in [5, 5.41) is 1.92. The third-order valence-corrected chi connectivity index (χ3v) is 4.00. The van der Waals surface area contributed by atoms with Gasteiger partial charge in [-0.25, -0.2) is 5.01 Å². The van der Waals surface area contributed by atoms with E-state index in [9.17, 15) is 0 Å². The van der Waals surface area contributed by atoms with Crippen molar-refractivity contribution < 1.29 is 0 Å². The highest BCUT2D eigenvalue weighted by molar-refractivity contribution is 9.10. The summed E-state index contributed by atoms with van der Waals surface area (Å²) in [6.07, 6.45) is 2.34. The van der Waals surface area contributed by atoms with Crippen LogP contribution in [0.5, 0.6) is 0 Å². The van der Waals surface area contributed by atoms with E-state index in [1.807, 2.05) is 5.01 Å². The zero-order valence-corrected chi connectivity index (χ0v) is 11.9. The van der Waals surface area contributed by atoms with Crippen molar-refractivity contribution in [2.45, 2.75) is 25.4 Å². The van der Waals surface area contributed by atoms with Crippen LogP contribution < -0.4 is 5.84 Å². The first-order valence-electron chi connectivity index (χ1n) is 6.09. The number of nitrogens with two attached hydrogens (primary N) is 1. The van der Waals surface area contributed by atoms with Crippen molar-refractivity contribution in [2.24, 2.45) is 5.84 Å². The Morgan fingerprint density at radius 1 is 1.29 bits per heavy atom. The van der Waals surface area contributed by atoms with Crippen LogP contribution in [0.3, 0.4) is 0 Å². The van der Waals surface area contributed by atoms with E-state index in [1.165, 1.54) is 18.4 Å². The van der Waals surface area contributed by atoms with E-state index >= 15 is 0 Å². The Morgan fingerprint density at radius 3 is 2.47 bits per heavy atom. The number of piperidine rings is 1. The largest absolute Gasteiger partial charge is 0.299 e. The fourth-order valence-corrected chi connectivity index (χ4v) is 2.60. The lowest BCUT2D eigenvalue weighted by Gasteiger charge is -2.34. The number of hydrazine groups is 1. The summed E-state index contributed by atoms with van der Waals surface area (Å²) < 4.78 is 1.14. The van der Waals surface area contributed by atoms with Crippen LogP contribution in [0.1, 0.15) is 18.4 Å². The van der Waals surface area contributed by atoms with Gasteiger partial charge in [-0.2, -0.15) is 0 Å². The molecule has 0 spiro atoms. The molecule has 3 nitrogen and oxygen atoms in total. The first-order chi connectivity index (χ1) is 8.15. The van der Waals surface area contributed by atoms with Crippen molar-refractivity contribution >= 4 is 15.9 Å². The molecule has 2 N–H and O–H groups in total. The lowest BCUT2D eigenvalue weighted by atomic mass is 10.0. The summed E-state index contributed by atoms with van der Waals surface area (Å²) in [6, 6.07) is 9.23. The van der Waals surface area contributed by atoms with Crippen LogP contribution >= 0.6 is 15.9 Å². The molecule has 1 heterocycles. The van der Waals surface area contributed by atoms with Gasteiger partial charge in [-0.1, -0.05) is 28.1 Å². The summed E-state index contributed by atoms with van der Waals surface area (Å²) in [4.78, 5) is 2.44. The van der Waals surface area contributed by atoms with E-state index in [0.29, 0.717) is 6.04 Å². The monoisotopic (exact) mass is 297 g/mol. The molecule has 0 saturated carbocycles. The highest BCUT2D eigenvalue weighted by atomic mass is 79.9. The molecule has 0 atom stereocenters. The van der Waals surface area contributed by atoms with Gasteiger partial charge >= 0.3 is 0 Å². The highest BCUT2D eigenvalue weighted by Gasteiger charge is 2.20. The SMILES string of the molecule is CN(Cc1ccc(Br)cc1)C1CCN(N)CC1. The molecule has 94 valence electrons. The zero-order chi connectivity index (χ0) is 12.3. The first-order valence-corrected chi connectivity index (χ1v) is 6.89. The smallest absolute Gasteiger partial charge is 0.0233 e. The fraction of sp³-hybridized carbons (Fsp3) is 0.538. The Hall–Kier alpha value is -0.420. The van der Waals surface area contributed by atoms with Gasteiger partial charge < -0.3 is 0 Å². The molecule has 1 aliphatic rings. The molecule has 0 radical (unpaired) electrons. The average molecular weight is 298 g/mol. The summed E-state index contributed by atoms with van der Waals surface area (Å²) in [7, 11) is 2.21. The van der Waals surface area contributed by atoms with Crippen LogP contribution in [0.2, 0.25) is 0 Å². The van der Waals surface area contributed by atoms with E-state index in [4.69, 9.17) is 5.84 Å². The maximum atomic E-state index is 5.78. The Morgan fingerprint density at radius 2 is 1.88 bits per heavy atom. The molecule has 0 amide bonds. The van der Waals surface area contributed by atoms with Crippen molar-refractivity contribution in [1.82, 2.24) is 9.91 Å². The third kappa shape index (κ3) is 3.78. The Balaban J connectivity index is 1.88. The van der Waals surface area contributed by atoms with Gasteiger partial charge in [-0.3, -0.25) is 10.7 Å². The fourth-order valence-electron chi connectivity index (χ4n) is 2.33. The highest BCUT2D eigenvalue weighted by Crippen LogP contribution is 2.17. The van der Waals surface area contributed by atoms with Crippen LogP contribution in [0.4, 0.5) is 0 Å². The molecule has 1 fully saturated rings. The summed E-state index contributed by atoms with van der Waals surface area (Å²) in [6.45, 7) is 3.03. The molecule has 1 aromatic rings. The second kappa shape index (κ2) is 5.96. The summed E-state index contributed by atoms with van der Waals surface area (Å²) >= 11 is 3.46. The summed E-state index contributed by atoms with van der Waals surface area (Å²) in [5.41, 5.74) is 1.37. The van der Waals surface area contributed by atoms with Gasteiger partial charge in [0, 0.05) is 30.1 Å². The minimum absolute atomic E-state index is 0.665. The van der Waals surface area contributed by atoms with Gasteiger partial charge in [0.05, 0.1) is 0 Å². The average Bonchev–Trinajstić information content (AvgIpc) is 2.33. The molecule has 0 unspecified atom stereocenters. The van der Waals surface area contributed by atoms with Gasteiger partial charge in [-0.05, 0) is 37.6 Å². The zero-order valence-electron chi connectivity index (χ0n) is 10.3.